The second-order valence-electron chi connectivity index (χ2n) is 8.54. The van der Waals surface area contributed by atoms with Crippen molar-refractivity contribution in [3.8, 4) is 0 Å². The van der Waals surface area contributed by atoms with E-state index in [1.807, 2.05) is 6.07 Å². The molecule has 3 atom stereocenters. The molecule has 2 aromatic rings. The Bertz CT molecular complexity index is 1050. The Morgan fingerprint density at radius 2 is 1.62 bits per heavy atom. The Balaban J connectivity index is 0.000000317. The van der Waals surface area contributed by atoms with Crippen LogP contribution in [-0.4, -0.2) is 86.2 Å². The van der Waals surface area contributed by atoms with E-state index in [4.69, 9.17) is 24.5 Å². The summed E-state index contributed by atoms with van der Waals surface area (Å²) in [6, 6.07) is 8.58. The lowest BCUT2D eigenvalue weighted by Crippen LogP contribution is -2.50. The van der Waals surface area contributed by atoms with Crippen LogP contribution < -0.4 is 5.32 Å². The Morgan fingerprint density at radius 3 is 2.15 bits per heavy atom. The number of carbonyl (C=O) groups is 2. The molecule has 2 fully saturated rings. The number of morpholine rings is 1. The number of hydrogen-bond donors (Lipinski definition) is 3. The topological polar surface area (TPSA) is 138 Å². The van der Waals surface area contributed by atoms with Crippen LogP contribution >= 0.6 is 0 Å². The van der Waals surface area contributed by atoms with Crippen LogP contribution in [-0.2, 0) is 20.9 Å². The number of aliphatic carboxylic acids is 2. The lowest BCUT2D eigenvalue weighted by Gasteiger charge is -2.39. The van der Waals surface area contributed by atoms with E-state index in [1.165, 1.54) is 12.8 Å². The number of aromatic nitrogens is 3. The molecule has 4 rings (SSSR count). The second kappa shape index (κ2) is 14.0. The lowest BCUT2D eigenvalue weighted by molar-refractivity contribution is -0.193. The summed E-state index contributed by atoms with van der Waals surface area (Å²) in [5.41, 5.74) is 2.23. The molecule has 0 aromatic carbocycles. The number of nitrogens with one attached hydrogen (secondary N) is 1. The summed E-state index contributed by atoms with van der Waals surface area (Å²) in [5.74, 6) is -4.32. The molecule has 10 nitrogen and oxygen atoms in total. The molecular weight excluding hydrogens is 540 g/mol. The molecule has 0 bridgehead atoms. The molecule has 1 saturated carbocycles. The Hall–Kier alpha value is -3.53. The SMILES string of the molecule is Cc1cccc(CN2CCO[C@@H]3C(CNc4ncccn4)CC[C@H]32)n1.O=C(O)C(F)(F)F.O=C(O)C(F)(F)F. The van der Waals surface area contributed by atoms with Gasteiger partial charge in [0.2, 0.25) is 5.95 Å². The minimum absolute atomic E-state index is 0.287. The van der Waals surface area contributed by atoms with Gasteiger partial charge in [-0.1, -0.05) is 6.07 Å². The highest BCUT2D eigenvalue weighted by molar-refractivity contribution is 5.73. The third-order valence-electron chi connectivity index (χ3n) is 5.72. The number of anilines is 1. The Morgan fingerprint density at radius 1 is 1.03 bits per heavy atom. The lowest BCUT2D eigenvalue weighted by atomic mass is 10.0. The van der Waals surface area contributed by atoms with Crippen LogP contribution in [0, 0.1) is 12.8 Å². The minimum Gasteiger partial charge on any atom is -0.475 e. The van der Waals surface area contributed by atoms with Crippen molar-refractivity contribution in [1.82, 2.24) is 19.9 Å². The molecule has 39 heavy (non-hydrogen) atoms. The maximum Gasteiger partial charge on any atom is 0.490 e. The molecule has 216 valence electrons. The number of hydrogen-bond acceptors (Lipinski definition) is 8. The molecule has 2 aromatic heterocycles. The first kappa shape index (κ1) is 31.7. The van der Waals surface area contributed by atoms with E-state index in [9.17, 15) is 26.3 Å². The first-order valence-electron chi connectivity index (χ1n) is 11.6. The van der Waals surface area contributed by atoms with Gasteiger partial charge in [0.05, 0.1) is 18.4 Å². The van der Waals surface area contributed by atoms with Gasteiger partial charge in [-0.15, -0.1) is 0 Å². The fourth-order valence-electron chi connectivity index (χ4n) is 4.06. The molecule has 1 aliphatic heterocycles. The highest BCUT2D eigenvalue weighted by Gasteiger charge is 2.42. The van der Waals surface area contributed by atoms with Crippen LogP contribution in [0.25, 0.3) is 0 Å². The number of alkyl halides is 6. The van der Waals surface area contributed by atoms with Crippen LogP contribution in [0.1, 0.15) is 24.2 Å². The van der Waals surface area contributed by atoms with Crippen molar-refractivity contribution in [3.63, 3.8) is 0 Å². The molecule has 0 spiro atoms. The number of fused-ring (bicyclic) bond motifs is 1. The Labute approximate surface area is 219 Å². The molecule has 0 radical (unpaired) electrons. The van der Waals surface area contributed by atoms with Gasteiger partial charge in [-0.05, 0) is 38.0 Å². The predicted molar refractivity (Wildman–Crippen MR) is 124 cm³/mol. The quantitative estimate of drug-likeness (QED) is 0.460. The number of nitrogens with zero attached hydrogens (tertiary/aromatic N) is 4. The third-order valence-corrected chi connectivity index (χ3v) is 5.72. The van der Waals surface area contributed by atoms with Crippen molar-refractivity contribution in [2.75, 3.05) is 25.0 Å². The van der Waals surface area contributed by atoms with Crippen LogP contribution in [0.5, 0.6) is 0 Å². The number of carboxylic acid groups (broad SMARTS) is 2. The fourth-order valence-corrected chi connectivity index (χ4v) is 4.06. The van der Waals surface area contributed by atoms with Gasteiger partial charge < -0.3 is 20.3 Å². The van der Waals surface area contributed by atoms with Gasteiger partial charge in [-0.2, -0.15) is 26.3 Å². The Kier molecular flexibility index (Phi) is 11.4. The van der Waals surface area contributed by atoms with E-state index < -0.39 is 24.3 Å². The van der Waals surface area contributed by atoms with Gasteiger partial charge in [0.15, 0.2) is 0 Å². The fraction of sp³-hybridized carbons (Fsp3) is 0.522. The molecule has 3 N–H and O–H groups in total. The van der Waals surface area contributed by atoms with Gasteiger partial charge in [0.25, 0.3) is 0 Å². The summed E-state index contributed by atoms with van der Waals surface area (Å²) >= 11 is 0. The number of rotatable bonds is 5. The summed E-state index contributed by atoms with van der Waals surface area (Å²) in [7, 11) is 0. The zero-order valence-electron chi connectivity index (χ0n) is 20.6. The molecule has 1 aliphatic carbocycles. The highest BCUT2D eigenvalue weighted by atomic mass is 19.4. The zero-order valence-corrected chi connectivity index (χ0v) is 20.6. The molecule has 0 amide bonds. The monoisotopic (exact) mass is 567 g/mol. The molecule has 2 aliphatic rings. The van der Waals surface area contributed by atoms with Crippen molar-refractivity contribution in [3.05, 3.63) is 48.0 Å². The number of halogens is 6. The van der Waals surface area contributed by atoms with E-state index >= 15 is 0 Å². The van der Waals surface area contributed by atoms with E-state index in [-0.39, 0.29) is 6.10 Å². The van der Waals surface area contributed by atoms with E-state index in [2.05, 4.69) is 50.3 Å². The first-order chi connectivity index (χ1) is 18.2. The summed E-state index contributed by atoms with van der Waals surface area (Å²) in [4.78, 5) is 33.5. The molecule has 16 heteroatoms. The summed E-state index contributed by atoms with van der Waals surface area (Å²) in [6.07, 6.45) is -4.00. The number of pyridine rings is 1. The summed E-state index contributed by atoms with van der Waals surface area (Å²) in [5, 5.41) is 17.6. The van der Waals surface area contributed by atoms with Gasteiger partial charge >= 0.3 is 24.3 Å². The van der Waals surface area contributed by atoms with Crippen LogP contribution in [0.2, 0.25) is 0 Å². The third kappa shape index (κ3) is 10.6. The van der Waals surface area contributed by atoms with Gasteiger partial charge in [-0.3, -0.25) is 9.88 Å². The predicted octanol–water partition coefficient (Wildman–Crippen LogP) is 3.54. The van der Waals surface area contributed by atoms with Crippen LogP contribution in [0.3, 0.4) is 0 Å². The van der Waals surface area contributed by atoms with E-state index in [0.717, 1.165) is 37.6 Å². The van der Waals surface area contributed by atoms with Crippen molar-refractivity contribution in [2.24, 2.45) is 5.92 Å². The van der Waals surface area contributed by atoms with Gasteiger partial charge in [-0.25, -0.2) is 19.6 Å². The second-order valence-corrected chi connectivity index (χ2v) is 8.54. The first-order valence-corrected chi connectivity index (χ1v) is 11.6. The zero-order chi connectivity index (χ0) is 29.2. The molecular formula is C23H27F6N5O5. The van der Waals surface area contributed by atoms with Gasteiger partial charge in [0, 0.05) is 49.7 Å². The highest BCUT2D eigenvalue weighted by Crippen LogP contribution is 2.35. The molecule has 1 unspecified atom stereocenters. The van der Waals surface area contributed by atoms with Crippen molar-refractivity contribution in [1.29, 1.82) is 0 Å². The van der Waals surface area contributed by atoms with Gasteiger partial charge in [0.1, 0.15) is 0 Å². The smallest absolute Gasteiger partial charge is 0.475 e. The largest absolute Gasteiger partial charge is 0.490 e. The summed E-state index contributed by atoms with van der Waals surface area (Å²) in [6.45, 7) is 5.61. The molecule has 3 heterocycles. The average molecular weight is 567 g/mol. The van der Waals surface area contributed by atoms with Crippen LogP contribution in [0.15, 0.2) is 36.7 Å². The van der Waals surface area contributed by atoms with Crippen molar-refractivity contribution in [2.45, 2.75) is 50.8 Å². The van der Waals surface area contributed by atoms with Crippen LogP contribution in [0.4, 0.5) is 32.3 Å². The number of aryl methyl sites for hydroxylation is 1. The average Bonchev–Trinajstić information content (AvgIpc) is 3.27. The normalized spacial score (nSPS) is 20.9. The van der Waals surface area contributed by atoms with E-state index in [0.29, 0.717) is 17.9 Å². The molecule has 1 saturated heterocycles. The van der Waals surface area contributed by atoms with E-state index in [1.54, 1.807) is 12.4 Å². The maximum atomic E-state index is 10.6. The standard InChI is InChI=1S/C19H25N5O.2C2HF3O2/c1-14-4-2-5-16(23-14)13-24-10-11-25-18-15(6-7-17(18)24)12-22-19-20-8-3-9-21-19;2*3-2(4,5)1(6)7/h2-5,8-9,15,17-18H,6-7,10-13H2,1H3,(H,20,21,22);2*(H,6,7)/t15?,17-,18-;;/m1../s1. The van der Waals surface area contributed by atoms with Crippen molar-refractivity contribution < 1.29 is 50.9 Å². The summed E-state index contributed by atoms with van der Waals surface area (Å²) < 4.78 is 69.6. The number of carboxylic acids is 2. The minimum atomic E-state index is -5.08. The number of ether oxygens (including phenoxy) is 1. The van der Waals surface area contributed by atoms with Crippen molar-refractivity contribution >= 4 is 17.9 Å². The maximum absolute atomic E-state index is 10.6.